The van der Waals surface area contributed by atoms with E-state index in [4.69, 9.17) is 5.11 Å². The number of carboxylic acids is 1. The number of aromatic nitrogens is 1. The molecule has 1 aliphatic heterocycles. The highest BCUT2D eigenvalue weighted by molar-refractivity contribution is 5.97. The van der Waals surface area contributed by atoms with Crippen LogP contribution in [0, 0.1) is 5.92 Å². The van der Waals surface area contributed by atoms with E-state index in [1.165, 1.54) is 23.4 Å². The average molecular weight is 250 g/mol. The largest absolute Gasteiger partial charge is 0.505 e. The summed E-state index contributed by atoms with van der Waals surface area (Å²) in [5.74, 6) is -1.98. The molecule has 96 valence electrons. The van der Waals surface area contributed by atoms with Gasteiger partial charge in [0.1, 0.15) is 5.75 Å². The Hall–Kier alpha value is -2.11. The Balaban J connectivity index is 2.21. The summed E-state index contributed by atoms with van der Waals surface area (Å²) >= 11 is 0. The molecule has 0 radical (unpaired) electrons. The van der Waals surface area contributed by atoms with E-state index >= 15 is 0 Å². The van der Waals surface area contributed by atoms with Crippen LogP contribution in [0.4, 0.5) is 0 Å². The fraction of sp³-hybridized carbons (Fsp3) is 0.417. The Kier molecular flexibility index (Phi) is 3.18. The first-order valence-electron chi connectivity index (χ1n) is 5.69. The summed E-state index contributed by atoms with van der Waals surface area (Å²) in [5.41, 5.74) is 0.155. The van der Waals surface area contributed by atoms with Gasteiger partial charge in [0.2, 0.25) is 0 Å². The molecule has 1 saturated heterocycles. The van der Waals surface area contributed by atoms with Gasteiger partial charge < -0.3 is 15.1 Å². The predicted molar refractivity (Wildman–Crippen MR) is 62.1 cm³/mol. The molecule has 0 saturated carbocycles. The lowest BCUT2D eigenvalue weighted by Gasteiger charge is -2.23. The number of aliphatic carboxylic acids is 1. The quantitative estimate of drug-likeness (QED) is 0.807. The van der Waals surface area contributed by atoms with Crippen molar-refractivity contribution in [1.82, 2.24) is 9.88 Å². The third kappa shape index (κ3) is 2.01. The SMILES string of the molecule is CC1C(C(=O)O)CCN1C(=O)c1ccncc1O. The summed E-state index contributed by atoms with van der Waals surface area (Å²) in [4.78, 5) is 28.4. The summed E-state index contributed by atoms with van der Waals surface area (Å²) in [5, 5.41) is 18.6. The van der Waals surface area contributed by atoms with Crippen LogP contribution in [-0.4, -0.2) is 44.6 Å². The van der Waals surface area contributed by atoms with Gasteiger partial charge in [-0.2, -0.15) is 0 Å². The lowest BCUT2D eigenvalue weighted by atomic mass is 10.0. The summed E-state index contributed by atoms with van der Waals surface area (Å²) in [6.45, 7) is 2.10. The molecular weight excluding hydrogens is 236 g/mol. The highest BCUT2D eigenvalue weighted by atomic mass is 16.4. The summed E-state index contributed by atoms with van der Waals surface area (Å²) in [7, 11) is 0. The normalized spacial score (nSPS) is 23.1. The van der Waals surface area contributed by atoms with Crippen LogP contribution in [-0.2, 0) is 4.79 Å². The monoisotopic (exact) mass is 250 g/mol. The first kappa shape index (κ1) is 12.3. The summed E-state index contributed by atoms with van der Waals surface area (Å²) in [6, 6.07) is 1.06. The second-order valence-corrected chi connectivity index (χ2v) is 4.37. The van der Waals surface area contributed by atoms with Crippen molar-refractivity contribution >= 4 is 11.9 Å². The Morgan fingerprint density at radius 1 is 1.50 bits per heavy atom. The Bertz CT molecular complexity index is 489. The minimum Gasteiger partial charge on any atom is -0.505 e. The van der Waals surface area contributed by atoms with Crippen molar-refractivity contribution in [1.29, 1.82) is 0 Å². The lowest BCUT2D eigenvalue weighted by molar-refractivity contribution is -0.142. The number of likely N-dealkylation sites (tertiary alicyclic amines) is 1. The maximum absolute atomic E-state index is 12.2. The van der Waals surface area contributed by atoms with E-state index in [2.05, 4.69) is 4.98 Å². The fourth-order valence-corrected chi connectivity index (χ4v) is 2.28. The van der Waals surface area contributed by atoms with E-state index in [-0.39, 0.29) is 23.3 Å². The van der Waals surface area contributed by atoms with Crippen molar-refractivity contribution in [2.24, 2.45) is 5.92 Å². The number of amides is 1. The van der Waals surface area contributed by atoms with Crippen LogP contribution < -0.4 is 0 Å². The van der Waals surface area contributed by atoms with Gasteiger partial charge in [0.25, 0.3) is 5.91 Å². The molecule has 2 rings (SSSR count). The minimum atomic E-state index is -0.892. The van der Waals surface area contributed by atoms with Gasteiger partial charge in [0.15, 0.2) is 0 Å². The van der Waals surface area contributed by atoms with E-state index < -0.39 is 11.9 Å². The topological polar surface area (TPSA) is 90.7 Å². The molecule has 0 spiro atoms. The molecule has 1 amide bonds. The zero-order chi connectivity index (χ0) is 13.3. The van der Waals surface area contributed by atoms with Gasteiger partial charge in [-0.1, -0.05) is 0 Å². The van der Waals surface area contributed by atoms with Crippen molar-refractivity contribution in [3.63, 3.8) is 0 Å². The summed E-state index contributed by atoms with van der Waals surface area (Å²) in [6.07, 6.45) is 3.05. The molecule has 1 aromatic rings. The molecule has 18 heavy (non-hydrogen) atoms. The zero-order valence-corrected chi connectivity index (χ0v) is 9.91. The number of carbonyl (C=O) groups is 2. The summed E-state index contributed by atoms with van der Waals surface area (Å²) < 4.78 is 0. The third-order valence-corrected chi connectivity index (χ3v) is 3.36. The number of rotatable bonds is 2. The maximum atomic E-state index is 12.2. The van der Waals surface area contributed by atoms with Gasteiger partial charge in [0, 0.05) is 18.8 Å². The molecule has 0 aliphatic carbocycles. The van der Waals surface area contributed by atoms with Gasteiger partial charge in [-0.25, -0.2) is 0 Å². The minimum absolute atomic E-state index is 0.155. The van der Waals surface area contributed by atoms with Crippen molar-refractivity contribution in [3.05, 3.63) is 24.0 Å². The molecule has 0 bridgehead atoms. The highest BCUT2D eigenvalue weighted by Crippen LogP contribution is 2.27. The van der Waals surface area contributed by atoms with Crippen LogP contribution in [0.25, 0.3) is 0 Å². The number of nitrogens with zero attached hydrogens (tertiary/aromatic N) is 2. The third-order valence-electron chi connectivity index (χ3n) is 3.36. The van der Waals surface area contributed by atoms with Crippen molar-refractivity contribution in [2.75, 3.05) is 6.54 Å². The van der Waals surface area contributed by atoms with E-state index in [1.54, 1.807) is 6.92 Å². The van der Waals surface area contributed by atoms with Crippen LogP contribution in [0.1, 0.15) is 23.7 Å². The second kappa shape index (κ2) is 4.64. The van der Waals surface area contributed by atoms with E-state index in [1.807, 2.05) is 0 Å². The fourth-order valence-electron chi connectivity index (χ4n) is 2.28. The maximum Gasteiger partial charge on any atom is 0.308 e. The molecular formula is C12H14N2O4. The predicted octanol–water partition coefficient (Wildman–Crippen LogP) is 0.722. The van der Waals surface area contributed by atoms with Crippen LogP contribution in [0.2, 0.25) is 0 Å². The number of carbonyl (C=O) groups excluding carboxylic acids is 1. The van der Waals surface area contributed by atoms with Crippen LogP contribution >= 0.6 is 0 Å². The first-order valence-corrected chi connectivity index (χ1v) is 5.69. The lowest BCUT2D eigenvalue weighted by Crippen LogP contribution is -2.37. The highest BCUT2D eigenvalue weighted by Gasteiger charge is 2.38. The second-order valence-electron chi connectivity index (χ2n) is 4.37. The van der Waals surface area contributed by atoms with Crippen LogP contribution in [0.15, 0.2) is 18.5 Å². The van der Waals surface area contributed by atoms with Crippen molar-refractivity contribution in [2.45, 2.75) is 19.4 Å². The molecule has 6 nitrogen and oxygen atoms in total. The average Bonchev–Trinajstić information content (AvgIpc) is 2.71. The van der Waals surface area contributed by atoms with Gasteiger partial charge in [-0.05, 0) is 19.4 Å². The van der Waals surface area contributed by atoms with Crippen LogP contribution in [0.3, 0.4) is 0 Å². The van der Waals surface area contributed by atoms with Crippen LogP contribution in [0.5, 0.6) is 5.75 Å². The number of hydrogen-bond donors (Lipinski definition) is 2. The van der Waals surface area contributed by atoms with E-state index in [9.17, 15) is 14.7 Å². The Morgan fingerprint density at radius 2 is 2.22 bits per heavy atom. The number of carboxylic acid groups (broad SMARTS) is 1. The number of hydrogen-bond acceptors (Lipinski definition) is 4. The molecule has 0 aromatic carbocycles. The number of aromatic hydroxyl groups is 1. The van der Waals surface area contributed by atoms with Gasteiger partial charge in [0.05, 0.1) is 17.7 Å². The Labute approximate surface area is 104 Å². The van der Waals surface area contributed by atoms with E-state index in [0.29, 0.717) is 13.0 Å². The Morgan fingerprint density at radius 3 is 2.78 bits per heavy atom. The zero-order valence-electron chi connectivity index (χ0n) is 9.91. The standard InChI is InChI=1S/C12H14N2O4/c1-7-8(12(17)18)3-5-14(7)11(16)9-2-4-13-6-10(9)15/h2,4,6-8,15H,3,5H2,1H3,(H,17,18). The van der Waals surface area contributed by atoms with Crippen molar-refractivity contribution in [3.8, 4) is 5.75 Å². The molecule has 1 aromatic heterocycles. The molecule has 2 heterocycles. The molecule has 2 atom stereocenters. The number of pyridine rings is 1. The molecule has 2 unspecified atom stereocenters. The molecule has 2 N–H and O–H groups in total. The van der Waals surface area contributed by atoms with Gasteiger partial charge >= 0.3 is 5.97 Å². The van der Waals surface area contributed by atoms with Gasteiger partial charge in [-0.3, -0.25) is 14.6 Å². The molecule has 6 heteroatoms. The van der Waals surface area contributed by atoms with Crippen molar-refractivity contribution < 1.29 is 19.8 Å². The molecule has 1 aliphatic rings. The molecule has 1 fully saturated rings. The smallest absolute Gasteiger partial charge is 0.308 e. The first-order chi connectivity index (χ1) is 8.52. The van der Waals surface area contributed by atoms with Gasteiger partial charge in [-0.15, -0.1) is 0 Å². The van der Waals surface area contributed by atoms with E-state index in [0.717, 1.165) is 0 Å².